The minimum absolute atomic E-state index is 0.165. The number of tetrazole rings is 1. The van der Waals surface area contributed by atoms with Gasteiger partial charge < -0.3 is 5.73 Å². The molecule has 1 atom stereocenters. The molecule has 18 heavy (non-hydrogen) atoms. The number of nitrogens with one attached hydrogen (secondary N) is 1. The van der Waals surface area contributed by atoms with E-state index < -0.39 is 11.3 Å². The monoisotopic (exact) mass is 245 g/mol. The summed E-state index contributed by atoms with van der Waals surface area (Å²) in [6, 6.07) is 6.57. The highest BCUT2D eigenvalue weighted by atomic mass is 16.1. The Morgan fingerprint density at radius 1 is 1.50 bits per heavy atom. The summed E-state index contributed by atoms with van der Waals surface area (Å²) in [7, 11) is 0. The number of carbonyl (C=O) groups is 2. The number of carbonyl (C=O) groups excluding carboxylic acids is 2. The number of primary amides is 1. The molecular weight excluding hydrogens is 234 g/mol. The van der Waals surface area contributed by atoms with Crippen LogP contribution in [0.25, 0.3) is 0 Å². The molecule has 1 amide bonds. The SMILES string of the molecule is CC(C(N)=O)(c1cccc(C=O)c1)c1nn[nH]n1. The Labute approximate surface area is 102 Å². The fourth-order valence-corrected chi connectivity index (χ4v) is 1.68. The molecule has 0 aliphatic rings. The topological polar surface area (TPSA) is 115 Å². The molecular formula is C11H11N5O2. The van der Waals surface area contributed by atoms with Crippen LogP contribution >= 0.6 is 0 Å². The Kier molecular flexibility index (Phi) is 2.88. The van der Waals surface area contributed by atoms with Crippen LogP contribution in [-0.2, 0) is 10.2 Å². The zero-order chi connectivity index (χ0) is 13.2. The van der Waals surface area contributed by atoms with Crippen LogP contribution < -0.4 is 5.73 Å². The molecule has 7 nitrogen and oxygen atoms in total. The second-order valence-corrected chi connectivity index (χ2v) is 3.97. The van der Waals surface area contributed by atoms with Crippen molar-refractivity contribution >= 4 is 12.2 Å². The summed E-state index contributed by atoms with van der Waals surface area (Å²) >= 11 is 0. The Bertz CT molecular complexity index is 581. The molecule has 3 N–H and O–H groups in total. The number of amides is 1. The second kappa shape index (κ2) is 4.36. The van der Waals surface area contributed by atoms with E-state index in [4.69, 9.17) is 5.73 Å². The summed E-state index contributed by atoms with van der Waals surface area (Å²) in [6.45, 7) is 1.59. The van der Waals surface area contributed by atoms with E-state index in [0.717, 1.165) is 0 Å². The van der Waals surface area contributed by atoms with Gasteiger partial charge in [0.05, 0.1) is 0 Å². The molecule has 1 aromatic carbocycles. The van der Waals surface area contributed by atoms with Gasteiger partial charge in [-0.15, -0.1) is 10.2 Å². The number of rotatable bonds is 4. The largest absolute Gasteiger partial charge is 0.369 e. The number of benzene rings is 1. The number of H-pyrrole nitrogens is 1. The highest BCUT2D eigenvalue weighted by Gasteiger charge is 2.39. The molecule has 0 saturated heterocycles. The molecule has 1 aromatic heterocycles. The van der Waals surface area contributed by atoms with Crippen LogP contribution in [0.15, 0.2) is 24.3 Å². The molecule has 2 aromatic rings. The predicted molar refractivity (Wildman–Crippen MR) is 61.7 cm³/mol. The zero-order valence-corrected chi connectivity index (χ0v) is 9.62. The van der Waals surface area contributed by atoms with Crippen LogP contribution in [0.4, 0.5) is 0 Å². The summed E-state index contributed by atoms with van der Waals surface area (Å²) in [5, 5.41) is 13.3. The van der Waals surface area contributed by atoms with Crippen molar-refractivity contribution in [3.8, 4) is 0 Å². The van der Waals surface area contributed by atoms with Gasteiger partial charge >= 0.3 is 0 Å². The summed E-state index contributed by atoms with van der Waals surface area (Å²) in [4.78, 5) is 22.5. The van der Waals surface area contributed by atoms with Crippen molar-refractivity contribution in [2.45, 2.75) is 12.3 Å². The maximum absolute atomic E-state index is 11.7. The van der Waals surface area contributed by atoms with E-state index in [1.807, 2.05) is 0 Å². The van der Waals surface area contributed by atoms with Gasteiger partial charge in [0.1, 0.15) is 11.7 Å². The first-order chi connectivity index (χ1) is 8.59. The van der Waals surface area contributed by atoms with Crippen LogP contribution in [0.2, 0.25) is 0 Å². The minimum atomic E-state index is -1.23. The molecule has 0 radical (unpaired) electrons. The lowest BCUT2D eigenvalue weighted by atomic mass is 9.80. The number of aldehydes is 1. The second-order valence-electron chi connectivity index (χ2n) is 3.97. The molecule has 0 bridgehead atoms. The van der Waals surface area contributed by atoms with Crippen LogP contribution in [0.5, 0.6) is 0 Å². The molecule has 0 saturated carbocycles. The number of hydrogen-bond donors (Lipinski definition) is 2. The molecule has 92 valence electrons. The van der Waals surface area contributed by atoms with Crippen LogP contribution in [0.3, 0.4) is 0 Å². The maximum atomic E-state index is 11.7. The molecule has 1 unspecified atom stereocenters. The standard InChI is InChI=1S/C11H11N5O2/c1-11(9(12)18,10-13-15-16-14-10)8-4-2-3-7(5-8)6-17/h2-6H,1H3,(H2,12,18)(H,13,14,15,16). The van der Waals surface area contributed by atoms with Crippen molar-refractivity contribution in [2.75, 3.05) is 0 Å². The third-order valence-corrected chi connectivity index (χ3v) is 2.89. The summed E-state index contributed by atoms with van der Waals surface area (Å²) in [5.41, 5.74) is 5.20. The average molecular weight is 245 g/mol. The normalized spacial score (nSPS) is 13.8. The van der Waals surface area contributed by atoms with Gasteiger partial charge in [0.2, 0.25) is 5.91 Å². The van der Waals surface area contributed by atoms with Crippen molar-refractivity contribution in [3.63, 3.8) is 0 Å². The number of aromatic amines is 1. The van der Waals surface area contributed by atoms with Crippen molar-refractivity contribution in [2.24, 2.45) is 5.73 Å². The van der Waals surface area contributed by atoms with Gasteiger partial charge in [0.15, 0.2) is 5.82 Å². The van der Waals surface area contributed by atoms with E-state index >= 15 is 0 Å². The van der Waals surface area contributed by atoms with E-state index in [2.05, 4.69) is 20.6 Å². The average Bonchev–Trinajstić information content (AvgIpc) is 2.91. The molecule has 0 aliphatic carbocycles. The molecule has 0 fully saturated rings. The first-order valence-corrected chi connectivity index (χ1v) is 5.18. The maximum Gasteiger partial charge on any atom is 0.235 e. The Hall–Kier alpha value is -2.57. The summed E-state index contributed by atoms with van der Waals surface area (Å²) < 4.78 is 0. The van der Waals surface area contributed by atoms with Crippen molar-refractivity contribution in [1.82, 2.24) is 20.6 Å². The third kappa shape index (κ3) is 1.75. The first-order valence-electron chi connectivity index (χ1n) is 5.18. The van der Waals surface area contributed by atoms with Gasteiger partial charge in [-0.1, -0.05) is 23.4 Å². The number of aromatic nitrogens is 4. The smallest absolute Gasteiger partial charge is 0.235 e. The van der Waals surface area contributed by atoms with Gasteiger partial charge in [0, 0.05) is 5.56 Å². The number of hydrogen-bond acceptors (Lipinski definition) is 5. The van der Waals surface area contributed by atoms with E-state index in [9.17, 15) is 9.59 Å². The first kappa shape index (κ1) is 11.9. The van der Waals surface area contributed by atoms with Crippen LogP contribution in [0, 0.1) is 0 Å². The molecule has 0 spiro atoms. The molecule has 0 aliphatic heterocycles. The molecule has 2 rings (SSSR count). The van der Waals surface area contributed by atoms with E-state index in [1.165, 1.54) is 0 Å². The van der Waals surface area contributed by atoms with E-state index in [1.54, 1.807) is 31.2 Å². The zero-order valence-electron chi connectivity index (χ0n) is 9.62. The lowest BCUT2D eigenvalue weighted by Gasteiger charge is -2.22. The third-order valence-electron chi connectivity index (χ3n) is 2.89. The van der Waals surface area contributed by atoms with Gasteiger partial charge in [-0.3, -0.25) is 9.59 Å². The van der Waals surface area contributed by atoms with Crippen LogP contribution in [-0.4, -0.2) is 32.8 Å². The summed E-state index contributed by atoms with van der Waals surface area (Å²) in [6.07, 6.45) is 0.696. The van der Waals surface area contributed by atoms with Crippen LogP contribution in [0.1, 0.15) is 28.7 Å². The fraction of sp³-hybridized carbons (Fsp3) is 0.182. The van der Waals surface area contributed by atoms with Crippen molar-refractivity contribution in [3.05, 3.63) is 41.2 Å². The fourth-order valence-electron chi connectivity index (χ4n) is 1.68. The van der Waals surface area contributed by atoms with Gasteiger partial charge in [0.25, 0.3) is 0 Å². The summed E-state index contributed by atoms with van der Waals surface area (Å²) in [5.74, 6) is -0.454. The Balaban J connectivity index is 2.61. The van der Waals surface area contributed by atoms with Gasteiger partial charge in [-0.25, -0.2) is 0 Å². The highest BCUT2D eigenvalue weighted by molar-refractivity contribution is 5.89. The lowest BCUT2D eigenvalue weighted by molar-refractivity contribution is -0.121. The van der Waals surface area contributed by atoms with Gasteiger partial charge in [-0.2, -0.15) is 5.21 Å². The van der Waals surface area contributed by atoms with Crippen molar-refractivity contribution in [1.29, 1.82) is 0 Å². The number of nitrogens with zero attached hydrogens (tertiary/aromatic N) is 3. The molecule has 7 heteroatoms. The quantitative estimate of drug-likeness (QED) is 0.724. The Morgan fingerprint density at radius 2 is 2.28 bits per heavy atom. The van der Waals surface area contributed by atoms with Crippen molar-refractivity contribution < 1.29 is 9.59 Å². The lowest BCUT2D eigenvalue weighted by Crippen LogP contribution is -2.40. The van der Waals surface area contributed by atoms with E-state index in [0.29, 0.717) is 17.4 Å². The highest BCUT2D eigenvalue weighted by Crippen LogP contribution is 2.29. The van der Waals surface area contributed by atoms with E-state index in [-0.39, 0.29) is 5.82 Å². The predicted octanol–water partition coefficient (Wildman–Crippen LogP) is -0.197. The minimum Gasteiger partial charge on any atom is -0.369 e. The number of nitrogens with two attached hydrogens (primary N) is 1. The molecule has 1 heterocycles. The van der Waals surface area contributed by atoms with Gasteiger partial charge in [-0.05, 0) is 18.6 Å². The Morgan fingerprint density at radius 3 is 2.83 bits per heavy atom.